The van der Waals surface area contributed by atoms with Crippen LogP contribution in [-0.4, -0.2) is 6.21 Å². The number of hydrazone groups is 1. The Morgan fingerprint density at radius 1 is 1.17 bits per heavy atom. The second-order valence-corrected chi connectivity index (χ2v) is 2.06. The molecule has 0 aliphatic carbocycles. The van der Waals surface area contributed by atoms with E-state index in [2.05, 4.69) is 10.9 Å². The van der Waals surface area contributed by atoms with Crippen molar-refractivity contribution in [1.82, 2.24) is 0 Å². The first-order valence-corrected chi connectivity index (χ1v) is 3.03. The quantitative estimate of drug-likeness (QED) is 0.390. The standard InChI is InChI=1S/C7H5F3N2/c8-4-1-6(9)5(3-12-11)7(10)2-4/h1-3H,11H2. The molecular weight excluding hydrogens is 169 g/mol. The van der Waals surface area contributed by atoms with Crippen LogP contribution in [0.15, 0.2) is 17.2 Å². The monoisotopic (exact) mass is 174 g/mol. The summed E-state index contributed by atoms with van der Waals surface area (Å²) in [7, 11) is 0. The largest absolute Gasteiger partial charge is 0.323 e. The van der Waals surface area contributed by atoms with Gasteiger partial charge in [0.2, 0.25) is 0 Å². The third-order valence-electron chi connectivity index (χ3n) is 1.25. The Balaban J connectivity index is 3.28. The fraction of sp³-hybridized carbons (Fsp3) is 0. The Labute approximate surface area is 66.5 Å². The Bertz CT molecular complexity index is 299. The van der Waals surface area contributed by atoms with Crippen LogP contribution >= 0.6 is 0 Å². The lowest BCUT2D eigenvalue weighted by molar-refractivity contribution is 0.541. The van der Waals surface area contributed by atoms with E-state index in [0.717, 1.165) is 6.21 Å². The van der Waals surface area contributed by atoms with Crippen molar-refractivity contribution < 1.29 is 13.2 Å². The lowest BCUT2D eigenvalue weighted by atomic mass is 10.2. The maximum atomic E-state index is 12.7. The van der Waals surface area contributed by atoms with Crippen LogP contribution in [0.25, 0.3) is 0 Å². The van der Waals surface area contributed by atoms with Crippen LogP contribution < -0.4 is 5.84 Å². The van der Waals surface area contributed by atoms with Crippen molar-refractivity contribution in [1.29, 1.82) is 0 Å². The predicted molar refractivity (Wildman–Crippen MR) is 38.1 cm³/mol. The average molecular weight is 174 g/mol. The van der Waals surface area contributed by atoms with Crippen LogP contribution in [0.3, 0.4) is 0 Å². The fourth-order valence-electron chi connectivity index (χ4n) is 0.751. The third-order valence-corrected chi connectivity index (χ3v) is 1.25. The van der Waals surface area contributed by atoms with Gasteiger partial charge in [0.05, 0.1) is 11.8 Å². The molecule has 0 amide bonds. The minimum atomic E-state index is -1.03. The van der Waals surface area contributed by atoms with Crippen LogP contribution in [0.4, 0.5) is 13.2 Å². The smallest absolute Gasteiger partial charge is 0.137 e. The van der Waals surface area contributed by atoms with E-state index in [1.54, 1.807) is 0 Å². The molecule has 1 aromatic carbocycles. The van der Waals surface area contributed by atoms with E-state index in [4.69, 9.17) is 0 Å². The highest BCUT2D eigenvalue weighted by atomic mass is 19.1. The number of benzene rings is 1. The maximum absolute atomic E-state index is 12.7. The highest BCUT2D eigenvalue weighted by Gasteiger charge is 2.08. The van der Waals surface area contributed by atoms with Crippen molar-refractivity contribution in [3.63, 3.8) is 0 Å². The molecule has 0 atom stereocenters. The van der Waals surface area contributed by atoms with Crippen LogP contribution in [0.5, 0.6) is 0 Å². The highest BCUT2D eigenvalue weighted by Crippen LogP contribution is 2.12. The molecule has 1 aromatic rings. The van der Waals surface area contributed by atoms with Gasteiger partial charge >= 0.3 is 0 Å². The minimum absolute atomic E-state index is 0.445. The Morgan fingerprint density at radius 2 is 1.67 bits per heavy atom. The molecule has 0 saturated heterocycles. The van der Waals surface area contributed by atoms with Crippen LogP contribution in [0, 0.1) is 17.5 Å². The molecule has 0 fully saturated rings. The molecule has 2 nitrogen and oxygen atoms in total. The van der Waals surface area contributed by atoms with E-state index in [-0.39, 0.29) is 0 Å². The zero-order valence-corrected chi connectivity index (χ0v) is 5.89. The molecule has 0 aromatic heterocycles. The first-order chi connectivity index (χ1) is 5.65. The summed E-state index contributed by atoms with van der Waals surface area (Å²) in [5.41, 5.74) is -0.445. The van der Waals surface area contributed by atoms with Gasteiger partial charge in [0.1, 0.15) is 17.5 Å². The summed E-state index contributed by atoms with van der Waals surface area (Å²) >= 11 is 0. The second-order valence-electron chi connectivity index (χ2n) is 2.06. The summed E-state index contributed by atoms with van der Waals surface area (Å²) in [5, 5.41) is 2.93. The maximum Gasteiger partial charge on any atom is 0.137 e. The first kappa shape index (κ1) is 8.58. The number of hydrogen-bond donors (Lipinski definition) is 1. The summed E-state index contributed by atoms with van der Waals surface area (Å²) < 4.78 is 37.6. The zero-order chi connectivity index (χ0) is 9.14. The summed E-state index contributed by atoms with van der Waals surface area (Å²) in [6, 6.07) is 1.11. The van der Waals surface area contributed by atoms with Crippen LogP contribution in [0.2, 0.25) is 0 Å². The Morgan fingerprint density at radius 3 is 2.08 bits per heavy atom. The van der Waals surface area contributed by atoms with Gasteiger partial charge in [0, 0.05) is 12.1 Å². The van der Waals surface area contributed by atoms with Gasteiger partial charge in [-0.05, 0) is 0 Å². The summed E-state index contributed by atoms with van der Waals surface area (Å²) in [5.74, 6) is 1.65. The number of nitrogens with two attached hydrogens (primary N) is 1. The van der Waals surface area contributed by atoms with E-state index in [1.807, 2.05) is 0 Å². The lowest BCUT2D eigenvalue weighted by Gasteiger charge is -1.97. The molecule has 2 N–H and O–H groups in total. The van der Waals surface area contributed by atoms with E-state index in [1.165, 1.54) is 0 Å². The van der Waals surface area contributed by atoms with E-state index >= 15 is 0 Å². The topological polar surface area (TPSA) is 38.4 Å². The molecule has 1 rings (SSSR count). The van der Waals surface area contributed by atoms with Gasteiger partial charge in [0.15, 0.2) is 0 Å². The number of hydrogen-bond acceptors (Lipinski definition) is 2. The molecule has 0 unspecified atom stereocenters. The molecule has 0 saturated carbocycles. The van der Waals surface area contributed by atoms with Crippen molar-refractivity contribution in [2.45, 2.75) is 0 Å². The molecule has 0 spiro atoms. The summed E-state index contributed by atoms with van der Waals surface area (Å²) in [4.78, 5) is 0. The van der Waals surface area contributed by atoms with Gasteiger partial charge in [-0.25, -0.2) is 13.2 Å². The molecule has 5 heteroatoms. The summed E-state index contributed by atoms with van der Waals surface area (Å²) in [6.45, 7) is 0. The number of nitrogens with zero attached hydrogens (tertiary/aromatic N) is 1. The zero-order valence-electron chi connectivity index (χ0n) is 5.89. The van der Waals surface area contributed by atoms with Gasteiger partial charge in [-0.1, -0.05) is 0 Å². The molecule has 0 bridgehead atoms. The predicted octanol–water partition coefficient (Wildman–Crippen LogP) is 1.40. The Hall–Kier alpha value is -1.52. The van der Waals surface area contributed by atoms with Crippen molar-refractivity contribution in [2.24, 2.45) is 10.9 Å². The number of rotatable bonds is 1. The minimum Gasteiger partial charge on any atom is -0.323 e. The van der Waals surface area contributed by atoms with Crippen LogP contribution in [0.1, 0.15) is 5.56 Å². The molecule has 64 valence electrons. The van der Waals surface area contributed by atoms with E-state index in [9.17, 15) is 13.2 Å². The second kappa shape index (κ2) is 3.25. The van der Waals surface area contributed by atoms with Gasteiger partial charge < -0.3 is 5.84 Å². The van der Waals surface area contributed by atoms with Gasteiger partial charge in [-0.15, -0.1) is 0 Å². The average Bonchev–Trinajstić information content (AvgIpc) is 1.96. The lowest BCUT2D eigenvalue weighted by Crippen LogP contribution is -1.97. The molecule has 0 aliphatic heterocycles. The molecule has 0 radical (unpaired) electrons. The molecule has 12 heavy (non-hydrogen) atoms. The van der Waals surface area contributed by atoms with Crippen molar-refractivity contribution >= 4 is 6.21 Å². The SMILES string of the molecule is NN=Cc1c(F)cc(F)cc1F. The van der Waals surface area contributed by atoms with Crippen molar-refractivity contribution in [2.75, 3.05) is 0 Å². The highest BCUT2D eigenvalue weighted by molar-refractivity contribution is 5.79. The van der Waals surface area contributed by atoms with Crippen LogP contribution in [-0.2, 0) is 0 Å². The fourth-order valence-corrected chi connectivity index (χ4v) is 0.751. The van der Waals surface area contributed by atoms with Gasteiger partial charge in [-0.2, -0.15) is 5.10 Å². The third kappa shape index (κ3) is 1.55. The van der Waals surface area contributed by atoms with E-state index < -0.39 is 23.0 Å². The summed E-state index contributed by atoms with van der Waals surface area (Å²) in [6.07, 6.45) is 0.782. The first-order valence-electron chi connectivity index (χ1n) is 3.03. The van der Waals surface area contributed by atoms with Gasteiger partial charge in [0.25, 0.3) is 0 Å². The molecule has 0 heterocycles. The van der Waals surface area contributed by atoms with Crippen molar-refractivity contribution in [3.8, 4) is 0 Å². The number of halogens is 3. The van der Waals surface area contributed by atoms with Gasteiger partial charge in [-0.3, -0.25) is 0 Å². The van der Waals surface area contributed by atoms with E-state index in [0.29, 0.717) is 12.1 Å². The molecule has 0 aliphatic rings. The molecular formula is C7H5F3N2. The van der Waals surface area contributed by atoms with Crippen molar-refractivity contribution in [3.05, 3.63) is 35.1 Å². The Kier molecular flexibility index (Phi) is 2.32. The normalized spacial score (nSPS) is 10.9.